The maximum atomic E-state index is 3.53. The van der Waals surface area contributed by atoms with Gasteiger partial charge in [0, 0.05) is 19.1 Å². The lowest BCUT2D eigenvalue weighted by Crippen LogP contribution is -2.33. The molecule has 1 saturated heterocycles. The number of hydrogen-bond donors (Lipinski definition) is 2. The Balaban J connectivity index is 1.70. The van der Waals surface area contributed by atoms with E-state index in [1.807, 2.05) is 0 Å². The minimum Gasteiger partial charge on any atom is -0.313 e. The highest BCUT2D eigenvalue weighted by Crippen LogP contribution is 2.07. The van der Waals surface area contributed by atoms with E-state index in [2.05, 4.69) is 41.8 Å². The van der Waals surface area contributed by atoms with Gasteiger partial charge >= 0.3 is 0 Å². The van der Waals surface area contributed by atoms with Crippen LogP contribution in [0.5, 0.6) is 0 Å². The average Bonchev–Trinajstić information content (AvgIpc) is 2.85. The summed E-state index contributed by atoms with van der Waals surface area (Å²) >= 11 is 0. The summed E-state index contributed by atoms with van der Waals surface area (Å²) in [4.78, 5) is 0. The molecule has 1 aromatic rings. The van der Waals surface area contributed by atoms with Crippen molar-refractivity contribution in [2.24, 2.45) is 0 Å². The largest absolute Gasteiger partial charge is 0.313 e. The van der Waals surface area contributed by atoms with Crippen LogP contribution in [0.3, 0.4) is 0 Å². The fourth-order valence-electron chi connectivity index (χ4n) is 2.43. The van der Waals surface area contributed by atoms with E-state index >= 15 is 0 Å². The van der Waals surface area contributed by atoms with Gasteiger partial charge in [0.05, 0.1) is 0 Å². The van der Waals surface area contributed by atoms with Crippen LogP contribution in [0.25, 0.3) is 0 Å². The highest BCUT2D eigenvalue weighted by atomic mass is 15.0. The monoisotopic (exact) mass is 232 g/mol. The van der Waals surface area contributed by atoms with Crippen molar-refractivity contribution in [3.8, 4) is 0 Å². The second-order valence-corrected chi connectivity index (χ2v) is 4.99. The van der Waals surface area contributed by atoms with Crippen LogP contribution in [0.4, 0.5) is 0 Å². The zero-order chi connectivity index (χ0) is 11.9. The van der Waals surface area contributed by atoms with E-state index in [4.69, 9.17) is 0 Å². The Labute approximate surface area is 105 Å². The quantitative estimate of drug-likeness (QED) is 0.787. The van der Waals surface area contributed by atoms with Gasteiger partial charge in [-0.2, -0.15) is 0 Å². The van der Waals surface area contributed by atoms with E-state index in [0.717, 1.165) is 13.1 Å². The molecule has 0 spiro atoms. The van der Waals surface area contributed by atoms with Crippen LogP contribution in [0.2, 0.25) is 0 Å². The number of hydrogen-bond acceptors (Lipinski definition) is 2. The molecule has 2 N–H and O–H groups in total. The van der Waals surface area contributed by atoms with Gasteiger partial charge in [0.2, 0.25) is 0 Å². The third kappa shape index (κ3) is 4.14. The van der Waals surface area contributed by atoms with Crippen molar-refractivity contribution >= 4 is 0 Å². The van der Waals surface area contributed by atoms with Gasteiger partial charge in [0.25, 0.3) is 0 Å². The molecule has 1 unspecified atom stereocenters. The first kappa shape index (κ1) is 12.6. The summed E-state index contributed by atoms with van der Waals surface area (Å²) in [6, 6.07) is 9.71. The van der Waals surface area contributed by atoms with Gasteiger partial charge in [-0.05, 0) is 36.9 Å². The third-order valence-corrected chi connectivity index (χ3v) is 3.44. The molecule has 0 saturated carbocycles. The highest BCUT2D eigenvalue weighted by molar-refractivity contribution is 5.22. The van der Waals surface area contributed by atoms with Gasteiger partial charge in [-0.15, -0.1) is 0 Å². The Morgan fingerprint density at radius 3 is 2.65 bits per heavy atom. The summed E-state index contributed by atoms with van der Waals surface area (Å²) < 4.78 is 0. The molecule has 17 heavy (non-hydrogen) atoms. The predicted octanol–water partition coefficient (Wildman–Crippen LogP) is 2.48. The lowest BCUT2D eigenvalue weighted by Gasteiger charge is -2.11. The minimum absolute atomic E-state index is 0.689. The molecule has 2 rings (SSSR count). The first-order chi connectivity index (χ1) is 8.38. The zero-order valence-electron chi connectivity index (χ0n) is 10.8. The van der Waals surface area contributed by atoms with Crippen LogP contribution in [0, 0.1) is 0 Å². The van der Waals surface area contributed by atoms with E-state index in [1.54, 1.807) is 0 Å². The van der Waals surface area contributed by atoms with Crippen molar-refractivity contribution in [2.45, 2.75) is 45.2 Å². The lowest BCUT2D eigenvalue weighted by atomic mass is 10.1. The predicted molar refractivity (Wildman–Crippen MR) is 73.2 cm³/mol. The third-order valence-electron chi connectivity index (χ3n) is 3.44. The summed E-state index contributed by atoms with van der Waals surface area (Å²) in [7, 11) is 0. The SMILES string of the molecule is CCCc1ccc(CNCC2CCCN2)cc1. The smallest absolute Gasteiger partial charge is 0.0206 e. The van der Waals surface area contributed by atoms with E-state index in [0.29, 0.717) is 6.04 Å². The van der Waals surface area contributed by atoms with Crippen LogP contribution >= 0.6 is 0 Å². The van der Waals surface area contributed by atoms with E-state index < -0.39 is 0 Å². The summed E-state index contributed by atoms with van der Waals surface area (Å²) in [6.45, 7) is 5.50. The van der Waals surface area contributed by atoms with Crippen LogP contribution in [0.15, 0.2) is 24.3 Å². The van der Waals surface area contributed by atoms with Gasteiger partial charge in [-0.25, -0.2) is 0 Å². The van der Waals surface area contributed by atoms with E-state index in [1.165, 1.54) is 43.4 Å². The van der Waals surface area contributed by atoms with E-state index in [9.17, 15) is 0 Å². The first-order valence-corrected chi connectivity index (χ1v) is 6.90. The molecule has 0 amide bonds. The number of benzene rings is 1. The highest BCUT2D eigenvalue weighted by Gasteiger charge is 2.12. The van der Waals surface area contributed by atoms with Gasteiger partial charge < -0.3 is 10.6 Å². The molecule has 0 radical (unpaired) electrons. The second-order valence-electron chi connectivity index (χ2n) is 4.99. The summed E-state index contributed by atoms with van der Waals surface area (Å²) in [5.41, 5.74) is 2.84. The van der Waals surface area contributed by atoms with Crippen molar-refractivity contribution < 1.29 is 0 Å². The Hall–Kier alpha value is -0.860. The number of nitrogens with one attached hydrogen (secondary N) is 2. The van der Waals surface area contributed by atoms with E-state index in [-0.39, 0.29) is 0 Å². The topological polar surface area (TPSA) is 24.1 Å². The average molecular weight is 232 g/mol. The first-order valence-electron chi connectivity index (χ1n) is 6.90. The Kier molecular flexibility index (Phi) is 5.02. The second kappa shape index (κ2) is 6.77. The van der Waals surface area contributed by atoms with Gasteiger partial charge in [0.1, 0.15) is 0 Å². The molecule has 0 aromatic heterocycles. The lowest BCUT2D eigenvalue weighted by molar-refractivity contribution is 0.536. The van der Waals surface area contributed by atoms with Gasteiger partial charge in [-0.1, -0.05) is 37.6 Å². The van der Waals surface area contributed by atoms with Crippen molar-refractivity contribution in [3.63, 3.8) is 0 Å². The Bertz CT molecular complexity index is 312. The standard InChI is InChI=1S/C15H24N2/c1-2-4-13-6-8-14(9-7-13)11-16-12-15-5-3-10-17-15/h6-9,15-17H,2-5,10-12H2,1H3. The molecule has 1 heterocycles. The molecule has 2 nitrogen and oxygen atoms in total. The Morgan fingerprint density at radius 2 is 2.00 bits per heavy atom. The summed E-state index contributed by atoms with van der Waals surface area (Å²) in [5.74, 6) is 0. The van der Waals surface area contributed by atoms with Crippen molar-refractivity contribution in [2.75, 3.05) is 13.1 Å². The maximum absolute atomic E-state index is 3.53. The Morgan fingerprint density at radius 1 is 1.24 bits per heavy atom. The summed E-state index contributed by atoms with van der Waals surface area (Å²) in [5, 5.41) is 7.04. The molecule has 1 fully saturated rings. The molecule has 1 aliphatic heterocycles. The van der Waals surface area contributed by atoms with Crippen molar-refractivity contribution in [1.82, 2.24) is 10.6 Å². The molecule has 94 valence electrons. The number of rotatable bonds is 6. The van der Waals surface area contributed by atoms with Gasteiger partial charge in [0.15, 0.2) is 0 Å². The molecule has 0 aliphatic carbocycles. The molecule has 1 atom stereocenters. The zero-order valence-corrected chi connectivity index (χ0v) is 10.8. The molecular weight excluding hydrogens is 208 g/mol. The van der Waals surface area contributed by atoms with Crippen molar-refractivity contribution in [3.05, 3.63) is 35.4 Å². The van der Waals surface area contributed by atoms with Crippen LogP contribution in [0.1, 0.15) is 37.3 Å². The van der Waals surface area contributed by atoms with Crippen LogP contribution in [-0.4, -0.2) is 19.1 Å². The van der Waals surface area contributed by atoms with Crippen molar-refractivity contribution in [1.29, 1.82) is 0 Å². The molecule has 2 heteroatoms. The molecule has 1 aromatic carbocycles. The number of aryl methyl sites for hydroxylation is 1. The molecule has 0 bridgehead atoms. The normalized spacial score (nSPS) is 19.7. The van der Waals surface area contributed by atoms with Gasteiger partial charge in [-0.3, -0.25) is 0 Å². The maximum Gasteiger partial charge on any atom is 0.0206 e. The minimum atomic E-state index is 0.689. The van der Waals surface area contributed by atoms with Crippen LogP contribution in [-0.2, 0) is 13.0 Å². The molecular formula is C15H24N2. The fraction of sp³-hybridized carbons (Fsp3) is 0.600. The fourth-order valence-corrected chi connectivity index (χ4v) is 2.43. The molecule has 1 aliphatic rings. The summed E-state index contributed by atoms with van der Waals surface area (Å²) in [6.07, 6.45) is 5.07. The van der Waals surface area contributed by atoms with Crippen LogP contribution < -0.4 is 10.6 Å².